The molecule has 0 saturated heterocycles. The van der Waals surface area contributed by atoms with Gasteiger partial charge in [-0.15, -0.1) is 0 Å². The molecule has 0 spiro atoms. The van der Waals surface area contributed by atoms with E-state index in [4.69, 9.17) is 4.74 Å². The molecular formula is C14H21NO. The number of hydrogen-bond donors (Lipinski definition) is 1. The summed E-state index contributed by atoms with van der Waals surface area (Å²) in [5.41, 5.74) is 1.19. The van der Waals surface area contributed by atoms with Crippen LogP contribution in [0, 0.1) is 5.92 Å². The van der Waals surface area contributed by atoms with Gasteiger partial charge in [0.1, 0.15) is 5.75 Å². The minimum Gasteiger partial charge on any atom is -0.491 e. The lowest BCUT2D eigenvalue weighted by Crippen LogP contribution is -2.06. The van der Waals surface area contributed by atoms with Crippen molar-refractivity contribution in [3.63, 3.8) is 0 Å². The van der Waals surface area contributed by atoms with Crippen LogP contribution < -0.4 is 10.1 Å². The minimum absolute atomic E-state index is 0.244. The second-order valence-electron chi connectivity index (χ2n) is 4.85. The summed E-state index contributed by atoms with van der Waals surface area (Å²) in [5.74, 6) is 1.94. The van der Waals surface area contributed by atoms with Crippen LogP contribution in [0.3, 0.4) is 0 Å². The van der Waals surface area contributed by atoms with Crippen molar-refractivity contribution in [2.45, 2.75) is 39.2 Å². The van der Waals surface area contributed by atoms with Crippen molar-refractivity contribution in [3.05, 3.63) is 24.3 Å². The monoisotopic (exact) mass is 219 g/mol. The van der Waals surface area contributed by atoms with Crippen LogP contribution in [0.4, 0.5) is 5.69 Å². The van der Waals surface area contributed by atoms with Crippen molar-refractivity contribution in [3.8, 4) is 5.75 Å². The Balaban J connectivity index is 1.76. The SMILES string of the molecule is CC(C)Oc1ccc(NCCC2CC2)cc1. The predicted molar refractivity (Wildman–Crippen MR) is 68.0 cm³/mol. The number of nitrogens with one attached hydrogen (secondary N) is 1. The van der Waals surface area contributed by atoms with E-state index in [1.165, 1.54) is 24.9 Å². The summed E-state index contributed by atoms with van der Waals surface area (Å²) in [6.45, 7) is 5.18. The molecule has 2 heteroatoms. The summed E-state index contributed by atoms with van der Waals surface area (Å²) in [6, 6.07) is 8.23. The molecule has 88 valence electrons. The number of anilines is 1. The quantitative estimate of drug-likeness (QED) is 0.788. The van der Waals surface area contributed by atoms with Crippen molar-refractivity contribution < 1.29 is 4.74 Å². The Bertz CT molecular complexity index is 314. The van der Waals surface area contributed by atoms with Gasteiger partial charge in [-0.05, 0) is 50.5 Å². The Kier molecular flexibility index (Phi) is 3.70. The van der Waals surface area contributed by atoms with E-state index in [0.717, 1.165) is 18.2 Å². The third-order valence-electron chi connectivity index (χ3n) is 2.80. The van der Waals surface area contributed by atoms with Gasteiger partial charge >= 0.3 is 0 Å². The zero-order valence-electron chi connectivity index (χ0n) is 10.2. The minimum atomic E-state index is 0.244. The first-order valence-corrected chi connectivity index (χ1v) is 6.24. The predicted octanol–water partition coefficient (Wildman–Crippen LogP) is 3.69. The molecule has 1 fully saturated rings. The standard InChI is InChI=1S/C14H21NO/c1-11(2)16-14-7-5-13(6-8-14)15-10-9-12-3-4-12/h5-8,11-12,15H,3-4,9-10H2,1-2H3. The Morgan fingerprint density at radius 1 is 1.25 bits per heavy atom. The first kappa shape index (κ1) is 11.3. The molecule has 1 aromatic carbocycles. The van der Waals surface area contributed by atoms with Gasteiger partial charge in [-0.2, -0.15) is 0 Å². The van der Waals surface area contributed by atoms with E-state index >= 15 is 0 Å². The second-order valence-corrected chi connectivity index (χ2v) is 4.85. The van der Waals surface area contributed by atoms with Gasteiger partial charge < -0.3 is 10.1 Å². The fraction of sp³-hybridized carbons (Fsp3) is 0.571. The highest BCUT2D eigenvalue weighted by atomic mass is 16.5. The van der Waals surface area contributed by atoms with Crippen LogP contribution in [0.5, 0.6) is 5.75 Å². The van der Waals surface area contributed by atoms with Crippen molar-refractivity contribution in [2.75, 3.05) is 11.9 Å². The molecule has 0 aromatic heterocycles. The molecule has 0 heterocycles. The Morgan fingerprint density at radius 2 is 1.94 bits per heavy atom. The van der Waals surface area contributed by atoms with Crippen molar-refractivity contribution in [2.24, 2.45) is 5.92 Å². The molecule has 0 aliphatic heterocycles. The molecule has 0 radical (unpaired) electrons. The summed E-state index contributed by atoms with van der Waals surface area (Å²) < 4.78 is 5.59. The van der Waals surface area contributed by atoms with Crippen molar-refractivity contribution in [1.82, 2.24) is 0 Å². The van der Waals surface area contributed by atoms with E-state index < -0.39 is 0 Å². The third-order valence-corrected chi connectivity index (χ3v) is 2.80. The van der Waals surface area contributed by atoms with Crippen LogP contribution >= 0.6 is 0 Å². The molecule has 0 atom stereocenters. The largest absolute Gasteiger partial charge is 0.491 e. The van der Waals surface area contributed by atoms with Crippen LogP contribution in [0.1, 0.15) is 33.1 Å². The average molecular weight is 219 g/mol. The molecule has 2 rings (SSSR count). The lowest BCUT2D eigenvalue weighted by Gasteiger charge is -2.11. The third kappa shape index (κ3) is 3.76. The molecule has 0 unspecified atom stereocenters. The van der Waals surface area contributed by atoms with Gasteiger partial charge in [-0.3, -0.25) is 0 Å². The lowest BCUT2D eigenvalue weighted by molar-refractivity contribution is 0.242. The molecule has 0 bridgehead atoms. The van der Waals surface area contributed by atoms with Crippen LogP contribution in [-0.2, 0) is 0 Å². The Morgan fingerprint density at radius 3 is 2.50 bits per heavy atom. The van der Waals surface area contributed by atoms with Crippen LogP contribution in [0.2, 0.25) is 0 Å². The summed E-state index contributed by atoms with van der Waals surface area (Å²) in [4.78, 5) is 0. The maximum Gasteiger partial charge on any atom is 0.119 e. The van der Waals surface area contributed by atoms with Crippen LogP contribution in [-0.4, -0.2) is 12.6 Å². The van der Waals surface area contributed by atoms with Crippen molar-refractivity contribution in [1.29, 1.82) is 0 Å². The molecule has 1 aliphatic rings. The number of benzene rings is 1. The first-order chi connectivity index (χ1) is 7.74. The van der Waals surface area contributed by atoms with Gasteiger partial charge in [0.2, 0.25) is 0 Å². The molecule has 0 amide bonds. The number of rotatable bonds is 6. The van der Waals surface area contributed by atoms with E-state index in [1.54, 1.807) is 0 Å². The second kappa shape index (κ2) is 5.24. The topological polar surface area (TPSA) is 21.3 Å². The highest BCUT2D eigenvalue weighted by Gasteiger charge is 2.19. The van der Waals surface area contributed by atoms with E-state index in [2.05, 4.69) is 17.4 Å². The Labute approximate surface area is 98.0 Å². The zero-order valence-corrected chi connectivity index (χ0v) is 10.2. The smallest absolute Gasteiger partial charge is 0.119 e. The lowest BCUT2D eigenvalue weighted by atomic mass is 10.2. The van der Waals surface area contributed by atoms with E-state index in [-0.39, 0.29) is 6.10 Å². The molecule has 2 nitrogen and oxygen atoms in total. The molecule has 16 heavy (non-hydrogen) atoms. The summed E-state index contributed by atoms with van der Waals surface area (Å²) in [6.07, 6.45) is 4.42. The normalized spacial score (nSPS) is 15.2. The molecule has 1 aliphatic carbocycles. The summed E-state index contributed by atoms with van der Waals surface area (Å²) in [5, 5.41) is 3.44. The van der Waals surface area contributed by atoms with Gasteiger partial charge in [-0.25, -0.2) is 0 Å². The molecule has 1 N–H and O–H groups in total. The van der Waals surface area contributed by atoms with E-state index in [1.807, 2.05) is 26.0 Å². The van der Waals surface area contributed by atoms with Crippen LogP contribution in [0.15, 0.2) is 24.3 Å². The summed E-state index contributed by atoms with van der Waals surface area (Å²) in [7, 11) is 0. The Hall–Kier alpha value is -1.18. The fourth-order valence-corrected chi connectivity index (χ4v) is 1.75. The molecule has 1 saturated carbocycles. The van der Waals surface area contributed by atoms with Gasteiger partial charge in [-0.1, -0.05) is 12.8 Å². The highest BCUT2D eigenvalue weighted by molar-refractivity contribution is 5.46. The van der Waals surface area contributed by atoms with Gasteiger partial charge in [0.25, 0.3) is 0 Å². The maximum absolute atomic E-state index is 5.59. The molecule has 1 aromatic rings. The average Bonchev–Trinajstić information content (AvgIpc) is 3.04. The molecular weight excluding hydrogens is 198 g/mol. The first-order valence-electron chi connectivity index (χ1n) is 6.24. The fourth-order valence-electron chi connectivity index (χ4n) is 1.75. The summed E-state index contributed by atoms with van der Waals surface area (Å²) >= 11 is 0. The maximum atomic E-state index is 5.59. The van der Waals surface area contributed by atoms with E-state index in [9.17, 15) is 0 Å². The van der Waals surface area contributed by atoms with Gasteiger partial charge in [0, 0.05) is 12.2 Å². The van der Waals surface area contributed by atoms with Gasteiger partial charge in [0.15, 0.2) is 0 Å². The zero-order chi connectivity index (χ0) is 11.4. The number of hydrogen-bond acceptors (Lipinski definition) is 2. The van der Waals surface area contributed by atoms with Gasteiger partial charge in [0.05, 0.1) is 6.10 Å². The van der Waals surface area contributed by atoms with E-state index in [0.29, 0.717) is 0 Å². The van der Waals surface area contributed by atoms with Crippen LogP contribution in [0.25, 0.3) is 0 Å². The van der Waals surface area contributed by atoms with Crippen molar-refractivity contribution >= 4 is 5.69 Å². The number of ether oxygens (including phenoxy) is 1. The highest BCUT2D eigenvalue weighted by Crippen LogP contribution is 2.32.